The number of rotatable bonds is 6. The molecule has 0 radical (unpaired) electrons. The Hall–Kier alpha value is -7.68. The molecule has 0 aliphatic rings. The van der Waals surface area contributed by atoms with Gasteiger partial charge in [0.15, 0.2) is 0 Å². The van der Waals surface area contributed by atoms with Gasteiger partial charge in [-0.15, -0.1) is 22.7 Å². The fourth-order valence-corrected chi connectivity index (χ4v) is 13.3. The highest BCUT2D eigenvalue weighted by Gasteiger charge is 2.48. The molecule has 0 fully saturated rings. The summed E-state index contributed by atoms with van der Waals surface area (Å²) < 4.78 is 192. The maximum atomic E-state index is 17.2. The fourth-order valence-electron chi connectivity index (χ4n) is 11.1. The fraction of sp³-hybridized carbons (Fsp3) is 0.0968. The second-order valence-electron chi connectivity index (χ2n) is 18.7. The van der Waals surface area contributed by atoms with Gasteiger partial charge in [0.2, 0.25) is 0 Å². The summed E-state index contributed by atoms with van der Waals surface area (Å²) in [6, 6.07) is 41.9. The van der Waals surface area contributed by atoms with Crippen LogP contribution in [0.25, 0.3) is 106 Å². The second kappa shape index (κ2) is 17.7. The minimum atomic E-state index is -5.67. The minimum absolute atomic E-state index is 0.104. The van der Waals surface area contributed by atoms with E-state index in [1.54, 1.807) is 97.9 Å². The standard InChI is InChI=1S/C62H34F12S2/c1-32-10-2-3-11-37(32)40-26-28-50-55(43-15-7-9-17-49(43)75-50)45(40)31-47-57(61(69,70)71)52(33-18-22-35(23-19-33)59(63,64)65)56(53(58(47)62(72,73)74)34-20-24-36(25-21-34)60(66,67)68)46-30-44-41(38-12-4-5-13-39(38)46)27-29-51-54(44)42-14-6-8-16-48(42)76-51/h2-30H,31H2,1H3. The summed E-state index contributed by atoms with van der Waals surface area (Å²) in [6.07, 6.45) is -22.3. The first-order valence-electron chi connectivity index (χ1n) is 23.6. The minimum Gasteiger partial charge on any atom is -0.166 e. The van der Waals surface area contributed by atoms with E-state index >= 15 is 26.3 Å². The predicted octanol–water partition coefficient (Wildman–Crippen LogP) is 21.4. The number of hydrogen-bond donors (Lipinski definition) is 0. The molecule has 0 atom stereocenters. The number of aryl methyl sites for hydroxylation is 1. The van der Waals surface area contributed by atoms with Gasteiger partial charge in [0.1, 0.15) is 0 Å². The molecule has 10 aromatic carbocycles. The molecule has 0 aliphatic heterocycles. The summed E-state index contributed by atoms with van der Waals surface area (Å²) in [4.78, 5) is 0. The summed E-state index contributed by atoms with van der Waals surface area (Å²) in [6.45, 7) is 1.76. The first-order chi connectivity index (χ1) is 36.2. The molecule has 14 heteroatoms. The smallest absolute Gasteiger partial charge is 0.166 e. The van der Waals surface area contributed by atoms with E-state index in [-0.39, 0.29) is 16.5 Å². The van der Waals surface area contributed by atoms with Crippen molar-refractivity contribution in [2.75, 3.05) is 0 Å². The molecule has 2 aromatic heterocycles. The molecule has 76 heavy (non-hydrogen) atoms. The molecule has 2 heterocycles. The van der Waals surface area contributed by atoms with E-state index in [2.05, 4.69) is 0 Å². The van der Waals surface area contributed by atoms with Gasteiger partial charge < -0.3 is 0 Å². The number of alkyl halides is 12. The zero-order valence-electron chi connectivity index (χ0n) is 39.3. The topological polar surface area (TPSA) is 0 Å². The first kappa shape index (κ1) is 49.2. The van der Waals surface area contributed by atoms with E-state index < -0.39 is 86.8 Å². The Bertz CT molecular complexity index is 4210. The van der Waals surface area contributed by atoms with Crippen LogP contribution in [-0.4, -0.2) is 0 Å². The largest absolute Gasteiger partial charge is 0.417 e. The Balaban J connectivity index is 1.34. The lowest BCUT2D eigenvalue weighted by Gasteiger charge is -2.31. The second-order valence-corrected chi connectivity index (χ2v) is 20.8. The molecule has 0 bridgehead atoms. The molecule has 0 N–H and O–H groups in total. The van der Waals surface area contributed by atoms with E-state index in [9.17, 15) is 26.3 Å². The molecule has 0 saturated heterocycles. The van der Waals surface area contributed by atoms with Crippen LogP contribution in [0, 0.1) is 6.92 Å². The van der Waals surface area contributed by atoms with Crippen molar-refractivity contribution < 1.29 is 52.7 Å². The van der Waals surface area contributed by atoms with E-state index in [1.807, 2.05) is 30.3 Å². The first-order valence-corrected chi connectivity index (χ1v) is 25.3. The van der Waals surface area contributed by atoms with Crippen LogP contribution >= 0.6 is 22.7 Å². The average molecular weight is 1070 g/mol. The summed E-state index contributed by atoms with van der Waals surface area (Å²) in [5, 5.41) is 4.02. The van der Waals surface area contributed by atoms with Crippen molar-refractivity contribution in [1.82, 2.24) is 0 Å². The molecule has 0 unspecified atom stereocenters. The van der Waals surface area contributed by atoms with Crippen LogP contribution < -0.4 is 0 Å². The van der Waals surface area contributed by atoms with Crippen molar-refractivity contribution in [3.63, 3.8) is 0 Å². The molecule has 12 rings (SSSR count). The normalized spacial score (nSPS) is 12.9. The van der Waals surface area contributed by atoms with Crippen LogP contribution in [0.4, 0.5) is 52.7 Å². The van der Waals surface area contributed by atoms with Gasteiger partial charge in [-0.25, -0.2) is 0 Å². The maximum Gasteiger partial charge on any atom is 0.417 e. The van der Waals surface area contributed by atoms with Crippen LogP contribution in [0.1, 0.15) is 38.9 Å². The summed E-state index contributed by atoms with van der Waals surface area (Å²) in [5.41, 5.74) is -9.27. The van der Waals surface area contributed by atoms with Crippen LogP contribution in [0.5, 0.6) is 0 Å². The van der Waals surface area contributed by atoms with Crippen molar-refractivity contribution >= 4 is 84.6 Å². The van der Waals surface area contributed by atoms with E-state index in [1.165, 1.54) is 28.7 Å². The number of hydrogen-bond acceptors (Lipinski definition) is 2. The number of fused-ring (bicyclic) bond motifs is 10. The number of benzene rings is 10. The average Bonchev–Trinajstić information content (AvgIpc) is 4.11. The van der Waals surface area contributed by atoms with Crippen molar-refractivity contribution in [2.24, 2.45) is 0 Å². The van der Waals surface area contributed by atoms with Crippen LogP contribution in [0.15, 0.2) is 176 Å². The third-order valence-corrected chi connectivity index (χ3v) is 16.5. The van der Waals surface area contributed by atoms with Crippen LogP contribution in [0.3, 0.4) is 0 Å². The molecular formula is C62H34F12S2. The Morgan fingerprint density at radius 3 is 1.30 bits per heavy atom. The van der Waals surface area contributed by atoms with Crippen LogP contribution in [0.2, 0.25) is 0 Å². The van der Waals surface area contributed by atoms with Gasteiger partial charge in [-0.05, 0) is 140 Å². The molecule has 378 valence electrons. The lowest BCUT2D eigenvalue weighted by atomic mass is 9.75. The Labute approximate surface area is 432 Å². The van der Waals surface area contributed by atoms with Gasteiger partial charge in [0, 0.05) is 51.5 Å². The van der Waals surface area contributed by atoms with Gasteiger partial charge in [-0.1, -0.05) is 121 Å². The lowest BCUT2D eigenvalue weighted by Crippen LogP contribution is -2.21. The van der Waals surface area contributed by atoms with Gasteiger partial charge >= 0.3 is 24.7 Å². The highest BCUT2D eigenvalue weighted by atomic mass is 32.1. The quantitative estimate of drug-likeness (QED) is 0.115. The van der Waals surface area contributed by atoms with Gasteiger partial charge in [0.05, 0.1) is 22.3 Å². The number of halogens is 12. The zero-order valence-corrected chi connectivity index (χ0v) is 40.9. The highest BCUT2D eigenvalue weighted by Crippen LogP contribution is 2.58. The molecule has 0 nitrogen and oxygen atoms in total. The van der Waals surface area contributed by atoms with E-state index in [0.717, 1.165) is 39.1 Å². The SMILES string of the molecule is Cc1ccccc1-c1ccc2sc3ccccc3c2c1Cc1c(C(F)(F)F)c(-c2ccc(C(F)(F)F)cc2)c(-c2cc3c(ccc4sc5ccccc5c43)c3ccccc23)c(-c2ccc(C(F)(F)F)cc2)c1C(F)(F)F. The van der Waals surface area contributed by atoms with Gasteiger partial charge in [-0.3, -0.25) is 0 Å². The number of thiophene rings is 2. The van der Waals surface area contributed by atoms with Crippen molar-refractivity contribution in [3.8, 4) is 44.5 Å². The molecule has 0 spiro atoms. The highest BCUT2D eigenvalue weighted by molar-refractivity contribution is 7.26. The van der Waals surface area contributed by atoms with Crippen LogP contribution in [-0.2, 0) is 31.1 Å². The summed E-state index contributed by atoms with van der Waals surface area (Å²) in [5.74, 6) is 0. The molecule has 0 aliphatic carbocycles. The van der Waals surface area contributed by atoms with E-state index in [0.29, 0.717) is 82.7 Å². The Morgan fingerprint density at radius 2 is 0.776 bits per heavy atom. The lowest BCUT2D eigenvalue weighted by molar-refractivity contribution is -0.143. The third kappa shape index (κ3) is 8.15. The summed E-state index contributed by atoms with van der Waals surface area (Å²) in [7, 11) is 0. The predicted molar refractivity (Wildman–Crippen MR) is 283 cm³/mol. The van der Waals surface area contributed by atoms with Crippen molar-refractivity contribution in [3.05, 3.63) is 215 Å². The molecular weight excluding hydrogens is 1040 g/mol. The van der Waals surface area contributed by atoms with Crippen molar-refractivity contribution in [2.45, 2.75) is 38.0 Å². The zero-order chi connectivity index (χ0) is 53.2. The van der Waals surface area contributed by atoms with Gasteiger partial charge in [0.25, 0.3) is 0 Å². The van der Waals surface area contributed by atoms with Gasteiger partial charge in [-0.2, -0.15) is 52.7 Å². The maximum absolute atomic E-state index is 17.2. The summed E-state index contributed by atoms with van der Waals surface area (Å²) >= 11 is 2.72. The molecule has 0 amide bonds. The Kier molecular flexibility index (Phi) is 11.5. The third-order valence-electron chi connectivity index (χ3n) is 14.3. The van der Waals surface area contributed by atoms with Crippen molar-refractivity contribution in [1.29, 1.82) is 0 Å². The monoisotopic (exact) mass is 1070 g/mol. The Morgan fingerprint density at radius 1 is 0.329 bits per heavy atom. The molecule has 0 saturated carbocycles. The molecule has 12 aromatic rings. The van der Waals surface area contributed by atoms with E-state index in [4.69, 9.17) is 0 Å².